The molecule has 0 aliphatic heterocycles. The first-order valence-electron chi connectivity index (χ1n) is 7.63. The molecule has 21 heavy (non-hydrogen) atoms. The van der Waals surface area contributed by atoms with E-state index in [0.717, 1.165) is 23.5 Å². The lowest BCUT2D eigenvalue weighted by atomic mass is 10.1. The fraction of sp³-hybridized carbons (Fsp3) is 0.316. The molecule has 2 rings (SSSR count). The molecule has 0 radical (unpaired) electrons. The first-order valence-corrected chi connectivity index (χ1v) is 7.63. The minimum atomic E-state index is 0.154. The summed E-state index contributed by atoms with van der Waals surface area (Å²) in [6, 6.07) is 15.5. The predicted octanol–water partition coefficient (Wildman–Crippen LogP) is 5.41. The van der Waals surface area contributed by atoms with Gasteiger partial charge in [0.1, 0.15) is 11.5 Å². The largest absolute Gasteiger partial charge is 0.457 e. The number of carbonyl (C=O) groups excluding carboxylic acids is 1. The fourth-order valence-electron chi connectivity index (χ4n) is 2.15. The van der Waals surface area contributed by atoms with Gasteiger partial charge in [0.05, 0.1) is 0 Å². The van der Waals surface area contributed by atoms with Gasteiger partial charge in [-0.3, -0.25) is 4.79 Å². The van der Waals surface area contributed by atoms with E-state index in [-0.39, 0.29) is 5.78 Å². The molecule has 0 bridgehead atoms. The van der Waals surface area contributed by atoms with Crippen molar-refractivity contribution in [1.82, 2.24) is 0 Å². The summed E-state index contributed by atoms with van der Waals surface area (Å²) in [5.74, 6) is 1.73. The molecule has 0 saturated carbocycles. The van der Waals surface area contributed by atoms with Gasteiger partial charge in [0.15, 0.2) is 5.78 Å². The molecule has 0 heterocycles. The average Bonchev–Trinajstić information content (AvgIpc) is 2.54. The van der Waals surface area contributed by atoms with Gasteiger partial charge in [-0.2, -0.15) is 0 Å². The van der Waals surface area contributed by atoms with Crippen LogP contribution < -0.4 is 4.74 Å². The molecule has 0 N–H and O–H groups in total. The maximum Gasteiger partial charge on any atom is 0.162 e. The van der Waals surface area contributed by atoms with Gasteiger partial charge in [-0.05, 0) is 54.8 Å². The standard InChI is InChI=1S/C19H22O2/c1-3-5-6-15-7-11-17(12-8-15)21-18-13-9-16(10-14-18)19(20)4-2/h7-14H,3-6H2,1-2H3. The zero-order chi connectivity index (χ0) is 15.1. The van der Waals surface area contributed by atoms with E-state index in [1.165, 1.54) is 18.4 Å². The molecule has 0 atom stereocenters. The number of rotatable bonds is 7. The lowest BCUT2D eigenvalue weighted by Crippen LogP contribution is -1.95. The second-order valence-electron chi connectivity index (χ2n) is 5.15. The monoisotopic (exact) mass is 282 g/mol. The maximum atomic E-state index is 11.6. The van der Waals surface area contributed by atoms with Gasteiger partial charge >= 0.3 is 0 Å². The summed E-state index contributed by atoms with van der Waals surface area (Å²) in [6.45, 7) is 4.07. The number of aryl methyl sites for hydroxylation is 1. The number of hydrogen-bond acceptors (Lipinski definition) is 2. The molecule has 0 amide bonds. The number of unbranched alkanes of at least 4 members (excludes halogenated alkanes) is 1. The van der Waals surface area contributed by atoms with E-state index in [9.17, 15) is 4.79 Å². The first kappa shape index (κ1) is 15.3. The van der Waals surface area contributed by atoms with Gasteiger partial charge in [0, 0.05) is 12.0 Å². The summed E-state index contributed by atoms with van der Waals surface area (Å²) in [5.41, 5.74) is 2.08. The third-order valence-corrected chi connectivity index (χ3v) is 3.48. The third kappa shape index (κ3) is 4.45. The summed E-state index contributed by atoms with van der Waals surface area (Å²) in [5, 5.41) is 0. The Balaban J connectivity index is 1.99. The van der Waals surface area contributed by atoms with Gasteiger partial charge in [-0.1, -0.05) is 32.4 Å². The van der Waals surface area contributed by atoms with Crippen molar-refractivity contribution in [2.45, 2.75) is 39.5 Å². The SMILES string of the molecule is CCCCc1ccc(Oc2ccc(C(=O)CC)cc2)cc1. The summed E-state index contributed by atoms with van der Waals surface area (Å²) in [6.07, 6.45) is 4.07. The molecule has 0 spiro atoms. The highest BCUT2D eigenvalue weighted by Crippen LogP contribution is 2.22. The normalized spacial score (nSPS) is 10.4. The summed E-state index contributed by atoms with van der Waals surface area (Å²) in [4.78, 5) is 11.6. The topological polar surface area (TPSA) is 26.3 Å². The number of carbonyl (C=O) groups is 1. The van der Waals surface area contributed by atoms with Crippen molar-refractivity contribution in [3.05, 3.63) is 59.7 Å². The molecular formula is C19H22O2. The van der Waals surface area contributed by atoms with E-state index >= 15 is 0 Å². The molecule has 0 unspecified atom stereocenters. The Kier molecular flexibility index (Phi) is 5.56. The Hall–Kier alpha value is -2.09. The van der Waals surface area contributed by atoms with Crippen molar-refractivity contribution < 1.29 is 9.53 Å². The molecule has 0 aliphatic rings. The fourth-order valence-corrected chi connectivity index (χ4v) is 2.15. The number of ether oxygens (including phenoxy) is 1. The van der Waals surface area contributed by atoms with Crippen molar-refractivity contribution in [2.75, 3.05) is 0 Å². The van der Waals surface area contributed by atoms with Crippen LogP contribution in [0, 0.1) is 0 Å². The van der Waals surface area contributed by atoms with Crippen LogP contribution in [0.4, 0.5) is 0 Å². The molecule has 0 aliphatic carbocycles. The highest BCUT2D eigenvalue weighted by Gasteiger charge is 2.03. The van der Waals surface area contributed by atoms with Gasteiger partial charge in [-0.15, -0.1) is 0 Å². The molecule has 110 valence electrons. The molecule has 0 saturated heterocycles. The average molecular weight is 282 g/mol. The Labute approximate surface area is 126 Å². The summed E-state index contributed by atoms with van der Waals surface area (Å²) in [7, 11) is 0. The zero-order valence-electron chi connectivity index (χ0n) is 12.8. The van der Waals surface area contributed by atoms with E-state index in [1.54, 1.807) is 0 Å². The van der Waals surface area contributed by atoms with Crippen LogP contribution in [0.25, 0.3) is 0 Å². The van der Waals surface area contributed by atoms with Gasteiger partial charge in [-0.25, -0.2) is 0 Å². The van der Waals surface area contributed by atoms with Crippen molar-refractivity contribution in [3.8, 4) is 11.5 Å². The van der Waals surface area contributed by atoms with Crippen molar-refractivity contribution in [2.24, 2.45) is 0 Å². The molecule has 2 heteroatoms. The second kappa shape index (κ2) is 7.63. The molecule has 2 aromatic rings. The summed E-state index contributed by atoms with van der Waals surface area (Å²) < 4.78 is 5.79. The Morgan fingerprint density at radius 1 is 0.905 bits per heavy atom. The van der Waals surface area contributed by atoms with Crippen LogP contribution in [0.5, 0.6) is 11.5 Å². The van der Waals surface area contributed by atoms with Crippen LogP contribution in [-0.4, -0.2) is 5.78 Å². The lowest BCUT2D eigenvalue weighted by molar-refractivity contribution is 0.0988. The minimum absolute atomic E-state index is 0.154. The molecule has 2 nitrogen and oxygen atoms in total. The van der Waals surface area contributed by atoms with Crippen LogP contribution in [-0.2, 0) is 6.42 Å². The highest BCUT2D eigenvalue weighted by molar-refractivity contribution is 5.95. The van der Waals surface area contributed by atoms with Crippen LogP contribution in [0.1, 0.15) is 49.0 Å². The van der Waals surface area contributed by atoms with Gasteiger partial charge in [0.2, 0.25) is 0 Å². The first-order chi connectivity index (χ1) is 10.2. The van der Waals surface area contributed by atoms with Gasteiger partial charge < -0.3 is 4.74 Å². The van der Waals surface area contributed by atoms with E-state index in [0.29, 0.717) is 6.42 Å². The summed E-state index contributed by atoms with van der Waals surface area (Å²) >= 11 is 0. The zero-order valence-corrected chi connectivity index (χ0v) is 12.8. The number of Topliss-reactive ketones (excluding diaryl/α,β-unsaturated/α-hetero) is 1. The third-order valence-electron chi connectivity index (χ3n) is 3.48. The Bertz CT molecular complexity index is 568. The molecule has 0 fully saturated rings. The van der Waals surface area contributed by atoms with E-state index in [1.807, 2.05) is 43.3 Å². The molecule has 0 aromatic heterocycles. The van der Waals surface area contributed by atoms with E-state index < -0.39 is 0 Å². The van der Waals surface area contributed by atoms with Crippen LogP contribution >= 0.6 is 0 Å². The number of hydrogen-bond donors (Lipinski definition) is 0. The van der Waals surface area contributed by atoms with Crippen LogP contribution in [0.15, 0.2) is 48.5 Å². The Morgan fingerprint density at radius 3 is 2.00 bits per heavy atom. The maximum absolute atomic E-state index is 11.6. The van der Waals surface area contributed by atoms with Gasteiger partial charge in [0.25, 0.3) is 0 Å². The van der Waals surface area contributed by atoms with Crippen molar-refractivity contribution in [3.63, 3.8) is 0 Å². The van der Waals surface area contributed by atoms with Crippen molar-refractivity contribution in [1.29, 1.82) is 0 Å². The van der Waals surface area contributed by atoms with Crippen LogP contribution in [0.2, 0.25) is 0 Å². The predicted molar refractivity (Wildman–Crippen MR) is 86.2 cm³/mol. The quantitative estimate of drug-likeness (QED) is 0.634. The van der Waals surface area contributed by atoms with E-state index in [2.05, 4.69) is 19.1 Å². The van der Waals surface area contributed by atoms with Crippen molar-refractivity contribution >= 4 is 5.78 Å². The van der Waals surface area contributed by atoms with Crippen LogP contribution in [0.3, 0.4) is 0 Å². The second-order valence-corrected chi connectivity index (χ2v) is 5.15. The molecular weight excluding hydrogens is 260 g/mol. The van der Waals surface area contributed by atoms with E-state index in [4.69, 9.17) is 4.74 Å². The highest BCUT2D eigenvalue weighted by atomic mass is 16.5. The number of benzene rings is 2. The number of ketones is 1. The molecule has 2 aromatic carbocycles. The minimum Gasteiger partial charge on any atom is -0.457 e. The smallest absolute Gasteiger partial charge is 0.162 e. The Morgan fingerprint density at radius 2 is 1.48 bits per heavy atom. The lowest BCUT2D eigenvalue weighted by Gasteiger charge is -2.07.